The zero-order chi connectivity index (χ0) is 10.9. The second kappa shape index (κ2) is 4.25. The largest absolute Gasteiger partial charge is 0.370 e. The number of hydrogen-bond acceptors (Lipinski definition) is 2. The molecule has 2 rings (SSSR count). The standard InChI is InChI=1S/C13H22O2/c1-3-4-7-10-11-8-5-6-9-13(11,15-2)12(10)14/h10-11H,3-9H2,1-2H3. The molecule has 0 heterocycles. The topological polar surface area (TPSA) is 26.3 Å². The van der Waals surface area contributed by atoms with Gasteiger partial charge in [-0.3, -0.25) is 4.79 Å². The Morgan fingerprint density at radius 1 is 1.47 bits per heavy atom. The highest BCUT2D eigenvalue weighted by Crippen LogP contribution is 2.53. The van der Waals surface area contributed by atoms with Crippen molar-refractivity contribution in [1.29, 1.82) is 0 Å². The molecule has 2 aliphatic rings. The third kappa shape index (κ3) is 1.54. The van der Waals surface area contributed by atoms with E-state index >= 15 is 0 Å². The smallest absolute Gasteiger partial charge is 0.168 e. The van der Waals surface area contributed by atoms with E-state index < -0.39 is 0 Å². The number of rotatable bonds is 4. The fraction of sp³-hybridized carbons (Fsp3) is 0.923. The monoisotopic (exact) mass is 210 g/mol. The first-order chi connectivity index (χ1) is 7.26. The highest BCUT2D eigenvalue weighted by molar-refractivity contribution is 5.96. The van der Waals surface area contributed by atoms with Crippen molar-refractivity contribution in [3.8, 4) is 0 Å². The highest BCUT2D eigenvalue weighted by Gasteiger charge is 2.62. The summed E-state index contributed by atoms with van der Waals surface area (Å²) >= 11 is 0. The number of carbonyl (C=O) groups excluding carboxylic acids is 1. The fourth-order valence-electron chi connectivity index (χ4n) is 3.51. The molecule has 86 valence electrons. The Morgan fingerprint density at radius 2 is 2.27 bits per heavy atom. The maximum Gasteiger partial charge on any atom is 0.168 e. The van der Waals surface area contributed by atoms with Gasteiger partial charge < -0.3 is 4.74 Å². The molecule has 0 saturated heterocycles. The van der Waals surface area contributed by atoms with Crippen molar-refractivity contribution in [2.24, 2.45) is 11.8 Å². The summed E-state index contributed by atoms with van der Waals surface area (Å²) in [7, 11) is 1.71. The van der Waals surface area contributed by atoms with Gasteiger partial charge in [0.05, 0.1) is 0 Å². The Labute approximate surface area is 92.4 Å². The molecule has 0 aromatic carbocycles. The lowest BCUT2D eigenvalue weighted by Crippen LogP contribution is -2.65. The quantitative estimate of drug-likeness (QED) is 0.713. The minimum atomic E-state index is -0.351. The number of ether oxygens (including phenoxy) is 1. The van der Waals surface area contributed by atoms with Gasteiger partial charge in [0.2, 0.25) is 0 Å². The number of fused-ring (bicyclic) bond motifs is 1. The Morgan fingerprint density at radius 3 is 2.93 bits per heavy atom. The van der Waals surface area contributed by atoms with Crippen LogP contribution >= 0.6 is 0 Å². The summed E-state index contributed by atoms with van der Waals surface area (Å²) in [6.45, 7) is 2.19. The molecule has 0 bridgehead atoms. The lowest BCUT2D eigenvalue weighted by atomic mass is 9.53. The van der Waals surface area contributed by atoms with Gasteiger partial charge in [0.1, 0.15) is 5.60 Å². The summed E-state index contributed by atoms with van der Waals surface area (Å²) in [5.41, 5.74) is -0.351. The predicted octanol–water partition coefficient (Wildman–Crippen LogP) is 2.95. The van der Waals surface area contributed by atoms with Crippen LogP contribution < -0.4 is 0 Å². The normalized spacial score (nSPS) is 39.7. The summed E-state index contributed by atoms with van der Waals surface area (Å²) in [6, 6.07) is 0. The third-order valence-corrected chi connectivity index (χ3v) is 4.38. The lowest BCUT2D eigenvalue weighted by molar-refractivity contribution is -0.193. The SMILES string of the molecule is CCCCC1C(=O)C2(OC)CCCCC12. The number of Topliss-reactive ketones (excluding diaryl/α,β-unsaturated/α-hetero) is 1. The van der Waals surface area contributed by atoms with Gasteiger partial charge in [0.25, 0.3) is 0 Å². The number of ketones is 1. The van der Waals surface area contributed by atoms with Crippen LogP contribution in [0.4, 0.5) is 0 Å². The second-order valence-corrected chi connectivity index (χ2v) is 5.06. The van der Waals surface area contributed by atoms with Crippen LogP contribution in [0, 0.1) is 11.8 Å². The van der Waals surface area contributed by atoms with Crippen molar-refractivity contribution in [3.05, 3.63) is 0 Å². The molecule has 0 aliphatic heterocycles. The molecular formula is C13H22O2. The van der Waals surface area contributed by atoms with Crippen molar-refractivity contribution < 1.29 is 9.53 Å². The van der Waals surface area contributed by atoms with E-state index in [1.807, 2.05) is 0 Å². The van der Waals surface area contributed by atoms with Crippen LogP contribution in [0.5, 0.6) is 0 Å². The number of carbonyl (C=O) groups is 1. The van der Waals surface area contributed by atoms with Crippen molar-refractivity contribution in [2.45, 2.75) is 57.5 Å². The Bertz CT molecular complexity index is 249. The molecule has 0 N–H and O–H groups in total. The summed E-state index contributed by atoms with van der Waals surface area (Å²) in [4.78, 5) is 12.1. The zero-order valence-corrected chi connectivity index (χ0v) is 9.92. The first kappa shape index (κ1) is 11.1. The molecule has 3 unspecified atom stereocenters. The number of hydrogen-bond donors (Lipinski definition) is 0. The molecule has 2 heteroatoms. The summed E-state index contributed by atoms with van der Waals surface area (Å²) in [5.74, 6) is 1.27. The average Bonchev–Trinajstić information content (AvgIpc) is 2.29. The molecule has 0 spiro atoms. The van der Waals surface area contributed by atoms with Crippen molar-refractivity contribution in [2.75, 3.05) is 7.11 Å². The van der Waals surface area contributed by atoms with E-state index in [4.69, 9.17) is 4.74 Å². The molecule has 3 atom stereocenters. The molecule has 2 saturated carbocycles. The minimum Gasteiger partial charge on any atom is -0.370 e. The first-order valence-corrected chi connectivity index (χ1v) is 6.35. The fourth-order valence-corrected chi connectivity index (χ4v) is 3.51. The van der Waals surface area contributed by atoms with Crippen LogP contribution in [0.1, 0.15) is 51.9 Å². The lowest BCUT2D eigenvalue weighted by Gasteiger charge is -2.55. The van der Waals surface area contributed by atoms with E-state index in [0.29, 0.717) is 17.6 Å². The minimum absolute atomic E-state index is 0.324. The van der Waals surface area contributed by atoms with Gasteiger partial charge in [-0.05, 0) is 19.3 Å². The van der Waals surface area contributed by atoms with Crippen LogP contribution in [-0.4, -0.2) is 18.5 Å². The van der Waals surface area contributed by atoms with Gasteiger partial charge in [-0.1, -0.05) is 32.6 Å². The summed E-state index contributed by atoms with van der Waals surface area (Å²) < 4.78 is 5.55. The molecular weight excluding hydrogens is 188 g/mol. The highest BCUT2D eigenvalue weighted by atomic mass is 16.5. The van der Waals surface area contributed by atoms with Crippen molar-refractivity contribution in [3.63, 3.8) is 0 Å². The van der Waals surface area contributed by atoms with Crippen LogP contribution in [0.15, 0.2) is 0 Å². The first-order valence-electron chi connectivity index (χ1n) is 6.35. The average molecular weight is 210 g/mol. The molecule has 0 radical (unpaired) electrons. The van der Waals surface area contributed by atoms with E-state index in [2.05, 4.69) is 6.92 Å². The van der Waals surface area contributed by atoms with Gasteiger partial charge in [-0.15, -0.1) is 0 Å². The van der Waals surface area contributed by atoms with E-state index in [-0.39, 0.29) is 5.60 Å². The van der Waals surface area contributed by atoms with Gasteiger partial charge in [0.15, 0.2) is 5.78 Å². The molecule has 2 fully saturated rings. The molecule has 2 nitrogen and oxygen atoms in total. The van der Waals surface area contributed by atoms with E-state index in [9.17, 15) is 4.79 Å². The third-order valence-electron chi connectivity index (χ3n) is 4.38. The van der Waals surface area contributed by atoms with Crippen LogP contribution in [0.25, 0.3) is 0 Å². The van der Waals surface area contributed by atoms with E-state index in [0.717, 1.165) is 19.3 Å². The Hall–Kier alpha value is -0.370. The predicted molar refractivity (Wildman–Crippen MR) is 59.7 cm³/mol. The Balaban J connectivity index is 2.03. The maximum atomic E-state index is 12.1. The summed E-state index contributed by atoms with van der Waals surface area (Å²) in [6.07, 6.45) is 8.08. The molecule has 0 amide bonds. The summed E-state index contributed by atoms with van der Waals surface area (Å²) in [5, 5.41) is 0. The number of unbranched alkanes of at least 4 members (excludes halogenated alkanes) is 1. The van der Waals surface area contributed by atoms with Crippen molar-refractivity contribution in [1.82, 2.24) is 0 Å². The van der Waals surface area contributed by atoms with Gasteiger partial charge in [-0.2, -0.15) is 0 Å². The Kier molecular flexibility index (Phi) is 3.15. The molecule has 2 aliphatic carbocycles. The molecule has 0 aromatic heterocycles. The maximum absolute atomic E-state index is 12.1. The van der Waals surface area contributed by atoms with Crippen LogP contribution in [0.2, 0.25) is 0 Å². The molecule has 15 heavy (non-hydrogen) atoms. The van der Waals surface area contributed by atoms with E-state index in [1.54, 1.807) is 7.11 Å². The van der Waals surface area contributed by atoms with Gasteiger partial charge in [0, 0.05) is 18.9 Å². The zero-order valence-electron chi connectivity index (χ0n) is 9.92. The van der Waals surface area contributed by atoms with Crippen molar-refractivity contribution >= 4 is 5.78 Å². The van der Waals surface area contributed by atoms with Gasteiger partial charge in [-0.25, -0.2) is 0 Å². The van der Waals surface area contributed by atoms with Gasteiger partial charge >= 0.3 is 0 Å². The van der Waals surface area contributed by atoms with Crippen LogP contribution in [-0.2, 0) is 9.53 Å². The number of methoxy groups -OCH3 is 1. The second-order valence-electron chi connectivity index (χ2n) is 5.06. The molecule has 0 aromatic rings. The van der Waals surface area contributed by atoms with Crippen LogP contribution in [0.3, 0.4) is 0 Å². The van der Waals surface area contributed by atoms with E-state index in [1.165, 1.54) is 25.7 Å².